The van der Waals surface area contributed by atoms with E-state index in [1.165, 1.54) is 5.22 Å². The molecule has 1 aromatic carbocycles. The molecule has 30 heavy (non-hydrogen) atoms. The van der Waals surface area contributed by atoms with Crippen LogP contribution in [0.1, 0.15) is 41.4 Å². The van der Waals surface area contributed by atoms with Gasteiger partial charge in [0.25, 0.3) is 0 Å². The SMILES string of the molecule is Nc1ncc(C(=O)C2CC2)c2c1c(C=c1ccc3c(c1)NSC=3)nn2C1CCNC1. The van der Waals surface area contributed by atoms with E-state index in [1.54, 1.807) is 18.1 Å². The predicted octanol–water partition coefficient (Wildman–Crippen LogP) is 1.78. The van der Waals surface area contributed by atoms with E-state index in [9.17, 15) is 4.79 Å². The fourth-order valence-electron chi connectivity index (χ4n) is 4.35. The number of nitrogens with two attached hydrogens (primary N) is 1. The molecule has 6 rings (SSSR count). The van der Waals surface area contributed by atoms with Crippen LogP contribution in [0.25, 0.3) is 22.4 Å². The van der Waals surface area contributed by atoms with Gasteiger partial charge in [0, 0.05) is 29.3 Å². The van der Waals surface area contributed by atoms with Crippen molar-refractivity contribution in [1.29, 1.82) is 0 Å². The normalized spacial score (nSPS) is 20.9. The van der Waals surface area contributed by atoms with Crippen molar-refractivity contribution >= 4 is 51.6 Å². The zero-order valence-corrected chi connectivity index (χ0v) is 17.2. The number of pyridine rings is 1. The van der Waals surface area contributed by atoms with Gasteiger partial charge < -0.3 is 15.8 Å². The molecule has 0 amide bonds. The number of rotatable bonds is 4. The van der Waals surface area contributed by atoms with Crippen molar-refractivity contribution in [3.63, 3.8) is 0 Å². The third-order valence-electron chi connectivity index (χ3n) is 6.11. The summed E-state index contributed by atoms with van der Waals surface area (Å²) in [4.78, 5) is 17.4. The smallest absolute Gasteiger partial charge is 0.169 e. The molecule has 0 spiro atoms. The summed E-state index contributed by atoms with van der Waals surface area (Å²) in [5, 5.41) is 13.5. The fraction of sp³-hybridized carbons (Fsp3) is 0.318. The summed E-state index contributed by atoms with van der Waals surface area (Å²) in [6, 6.07) is 6.48. The van der Waals surface area contributed by atoms with Crippen LogP contribution in [0.3, 0.4) is 0 Å². The number of fused-ring (bicyclic) bond motifs is 2. The number of carbonyl (C=O) groups excluding carboxylic acids is 1. The molecule has 2 aromatic heterocycles. The van der Waals surface area contributed by atoms with E-state index in [4.69, 9.17) is 10.8 Å². The second kappa shape index (κ2) is 6.85. The molecule has 0 radical (unpaired) electrons. The van der Waals surface area contributed by atoms with Crippen molar-refractivity contribution in [2.24, 2.45) is 5.92 Å². The third kappa shape index (κ3) is 2.90. The number of anilines is 2. The lowest BCUT2D eigenvalue weighted by molar-refractivity contribution is 0.0968. The number of nitrogens with one attached hydrogen (secondary N) is 2. The first-order valence-corrected chi connectivity index (χ1v) is 11.2. The Balaban J connectivity index is 1.59. The number of hydrogen-bond donors (Lipinski definition) is 3. The minimum atomic E-state index is 0.118. The van der Waals surface area contributed by atoms with Crippen molar-refractivity contribution in [2.75, 3.05) is 23.5 Å². The van der Waals surface area contributed by atoms with Crippen LogP contribution in [0.5, 0.6) is 0 Å². The molecule has 1 aliphatic carbocycles. The van der Waals surface area contributed by atoms with E-state index in [-0.39, 0.29) is 17.7 Å². The minimum Gasteiger partial charge on any atom is -0.383 e. The summed E-state index contributed by atoms with van der Waals surface area (Å²) in [7, 11) is 0. The minimum absolute atomic E-state index is 0.118. The van der Waals surface area contributed by atoms with Gasteiger partial charge in [0.15, 0.2) is 5.78 Å². The summed E-state index contributed by atoms with van der Waals surface area (Å²) in [6.45, 7) is 1.79. The first kappa shape index (κ1) is 18.0. The molecule has 2 aliphatic heterocycles. The van der Waals surface area contributed by atoms with Crippen LogP contribution < -0.4 is 26.2 Å². The van der Waals surface area contributed by atoms with Crippen LogP contribution in [-0.2, 0) is 0 Å². The molecule has 8 heteroatoms. The zero-order chi connectivity index (χ0) is 20.2. The summed E-state index contributed by atoms with van der Waals surface area (Å²) >= 11 is 1.57. The number of benzene rings is 1. The Kier molecular flexibility index (Phi) is 4.10. The van der Waals surface area contributed by atoms with E-state index in [1.807, 2.05) is 10.8 Å². The Morgan fingerprint density at radius 1 is 1.30 bits per heavy atom. The maximum Gasteiger partial charge on any atom is 0.169 e. The molecule has 152 valence electrons. The number of ketones is 1. The molecule has 2 fully saturated rings. The van der Waals surface area contributed by atoms with Gasteiger partial charge in [0.1, 0.15) is 5.82 Å². The molecule has 3 aromatic rings. The second-order valence-corrected chi connectivity index (χ2v) is 8.90. The standard InChI is InChI=1S/C22H22N6OS/c23-22-19-18(8-12-1-2-14-11-30-27-17(14)7-12)26-28(15-5-6-24-9-15)20(19)16(10-25-22)21(29)13-3-4-13/h1-2,7-8,10-11,13,15,24,27H,3-6,9H2,(H2,23,25). The average Bonchev–Trinajstić information content (AvgIpc) is 3.14. The van der Waals surface area contributed by atoms with Crippen LogP contribution in [0.15, 0.2) is 24.4 Å². The Hall–Kier alpha value is -2.84. The average molecular weight is 419 g/mol. The fourth-order valence-corrected chi connectivity index (χ4v) is 5.05. The maximum atomic E-state index is 13.0. The second-order valence-electron chi connectivity index (χ2n) is 8.22. The number of carbonyl (C=O) groups is 1. The van der Waals surface area contributed by atoms with E-state index >= 15 is 0 Å². The summed E-state index contributed by atoms with van der Waals surface area (Å²) in [5.74, 6) is 0.706. The van der Waals surface area contributed by atoms with Gasteiger partial charge in [-0.3, -0.25) is 9.48 Å². The highest BCUT2D eigenvalue weighted by atomic mass is 32.2. The zero-order valence-electron chi connectivity index (χ0n) is 16.4. The number of nitrogens with zero attached hydrogens (tertiary/aromatic N) is 3. The van der Waals surface area contributed by atoms with Crippen molar-refractivity contribution in [1.82, 2.24) is 20.1 Å². The number of aromatic nitrogens is 3. The summed E-state index contributed by atoms with van der Waals surface area (Å²) < 4.78 is 5.31. The third-order valence-corrected chi connectivity index (χ3v) is 6.82. The topological polar surface area (TPSA) is 97.9 Å². The highest BCUT2D eigenvalue weighted by molar-refractivity contribution is 8.08. The molecule has 1 saturated heterocycles. The Morgan fingerprint density at radius 3 is 3.00 bits per heavy atom. The molecule has 7 nitrogen and oxygen atoms in total. The first-order valence-electron chi connectivity index (χ1n) is 10.3. The molecule has 3 aliphatic rings. The lowest BCUT2D eigenvalue weighted by Gasteiger charge is -2.13. The van der Waals surface area contributed by atoms with Gasteiger partial charge in [0.05, 0.1) is 33.9 Å². The van der Waals surface area contributed by atoms with E-state index in [2.05, 4.69) is 38.6 Å². The van der Waals surface area contributed by atoms with Crippen molar-refractivity contribution in [3.8, 4) is 0 Å². The van der Waals surface area contributed by atoms with Gasteiger partial charge in [-0.1, -0.05) is 12.1 Å². The van der Waals surface area contributed by atoms with Gasteiger partial charge in [0.2, 0.25) is 0 Å². The molecule has 0 bridgehead atoms. The number of nitrogen functional groups attached to an aromatic ring is 1. The highest BCUT2D eigenvalue weighted by Gasteiger charge is 2.34. The molecule has 4 N–H and O–H groups in total. The molecule has 1 saturated carbocycles. The van der Waals surface area contributed by atoms with Gasteiger partial charge in [-0.25, -0.2) is 4.98 Å². The summed E-state index contributed by atoms with van der Waals surface area (Å²) in [5.41, 5.74) is 9.69. The van der Waals surface area contributed by atoms with Gasteiger partial charge >= 0.3 is 0 Å². The van der Waals surface area contributed by atoms with Gasteiger partial charge in [-0.2, -0.15) is 5.10 Å². The predicted molar refractivity (Wildman–Crippen MR) is 120 cm³/mol. The van der Waals surface area contributed by atoms with Crippen LogP contribution in [0, 0.1) is 5.92 Å². The van der Waals surface area contributed by atoms with E-state index < -0.39 is 0 Å². The van der Waals surface area contributed by atoms with Crippen LogP contribution in [-0.4, -0.2) is 33.6 Å². The van der Waals surface area contributed by atoms with Crippen molar-refractivity contribution < 1.29 is 4.79 Å². The highest BCUT2D eigenvalue weighted by Crippen LogP contribution is 2.37. The van der Waals surface area contributed by atoms with Crippen LogP contribution in [0.2, 0.25) is 0 Å². The quantitative estimate of drug-likeness (QED) is 0.439. The van der Waals surface area contributed by atoms with E-state index in [0.717, 1.165) is 59.9 Å². The van der Waals surface area contributed by atoms with E-state index in [0.29, 0.717) is 11.4 Å². The molecular formula is C22H22N6OS. The monoisotopic (exact) mass is 418 g/mol. The van der Waals surface area contributed by atoms with Crippen molar-refractivity contribution in [2.45, 2.75) is 25.3 Å². The maximum absolute atomic E-state index is 13.0. The van der Waals surface area contributed by atoms with Crippen LogP contribution in [0.4, 0.5) is 11.5 Å². The molecule has 1 unspecified atom stereocenters. The van der Waals surface area contributed by atoms with Gasteiger partial charge in [-0.05, 0) is 55.1 Å². The molecule has 4 heterocycles. The first-order chi connectivity index (χ1) is 14.7. The Morgan fingerprint density at radius 2 is 2.20 bits per heavy atom. The van der Waals surface area contributed by atoms with Crippen LogP contribution >= 0.6 is 11.9 Å². The van der Waals surface area contributed by atoms with Crippen molar-refractivity contribution in [3.05, 3.63) is 46.1 Å². The van der Waals surface area contributed by atoms with Gasteiger partial charge in [-0.15, -0.1) is 0 Å². The number of Topliss-reactive ketones (excluding diaryl/α,β-unsaturated/α-hetero) is 1. The lowest BCUT2D eigenvalue weighted by Crippen LogP contribution is -2.16. The largest absolute Gasteiger partial charge is 0.383 e. The number of hydrogen-bond acceptors (Lipinski definition) is 7. The summed E-state index contributed by atoms with van der Waals surface area (Å²) in [6.07, 6.45) is 6.58. The molecule has 1 atom stereocenters. The molecular weight excluding hydrogens is 396 g/mol. The Labute approximate surface area is 177 Å². The lowest BCUT2D eigenvalue weighted by atomic mass is 10.0. The Bertz CT molecular complexity index is 1300.